The van der Waals surface area contributed by atoms with Crippen molar-refractivity contribution in [3.63, 3.8) is 0 Å². The van der Waals surface area contributed by atoms with Crippen LogP contribution in [0.3, 0.4) is 0 Å². The molecule has 0 unspecified atom stereocenters. The number of hydrogen-bond acceptors (Lipinski definition) is 3. The first-order valence-electron chi connectivity index (χ1n) is 2.78. The van der Waals surface area contributed by atoms with E-state index in [-0.39, 0.29) is 0 Å². The Kier molecular flexibility index (Phi) is 4.39. The van der Waals surface area contributed by atoms with Crippen molar-refractivity contribution in [2.45, 2.75) is 0 Å². The molecule has 5 heteroatoms. The van der Waals surface area contributed by atoms with Gasteiger partial charge in [-0.25, -0.2) is 9.79 Å². The van der Waals surface area contributed by atoms with E-state index < -0.39 is 11.8 Å². The largest absolute Gasteiger partial charge is 0.463 e. The lowest BCUT2D eigenvalue weighted by atomic mass is 10.6. The van der Waals surface area contributed by atoms with Crippen LogP contribution in [0.4, 0.5) is 0 Å². The van der Waals surface area contributed by atoms with Gasteiger partial charge >= 0.3 is 5.97 Å². The van der Waals surface area contributed by atoms with Crippen LogP contribution >= 0.6 is 0 Å². The topological polar surface area (TPSA) is 74.5 Å². The van der Waals surface area contributed by atoms with E-state index in [1.165, 1.54) is 19.6 Å². The molecule has 0 bridgehead atoms. The van der Waals surface area contributed by atoms with Crippen LogP contribution in [0.15, 0.2) is 17.8 Å². The van der Waals surface area contributed by atoms with Crippen molar-refractivity contribution >= 4 is 18.1 Å². The minimum atomic E-state index is -0.771. The molecule has 0 saturated carbocycles. The zero-order valence-electron chi connectivity index (χ0n) is 6.13. The quantitative estimate of drug-likeness (QED) is 0.332. The summed E-state index contributed by atoms with van der Waals surface area (Å²) in [5.41, 5.74) is 0. The number of methoxy groups -OCH3 is 1. The second-order valence-corrected chi connectivity index (χ2v) is 1.47. The first-order chi connectivity index (χ1) is 5.22. The van der Waals surface area contributed by atoms with Crippen molar-refractivity contribution < 1.29 is 9.53 Å². The SMILES string of the molecule is C=CN/C=N\C(=N)C(=O)OC. The van der Waals surface area contributed by atoms with Gasteiger partial charge in [0, 0.05) is 0 Å². The van der Waals surface area contributed by atoms with E-state index in [2.05, 4.69) is 21.6 Å². The normalized spacial score (nSPS) is 9.18. The smallest absolute Gasteiger partial charge is 0.375 e. The second kappa shape index (κ2) is 5.16. The third-order valence-electron chi connectivity index (χ3n) is 0.765. The van der Waals surface area contributed by atoms with Gasteiger partial charge in [0.2, 0.25) is 5.84 Å². The Morgan fingerprint density at radius 1 is 1.82 bits per heavy atom. The number of hydrogen-bond donors (Lipinski definition) is 2. The minimum Gasteiger partial charge on any atom is -0.463 e. The van der Waals surface area contributed by atoms with Crippen LogP contribution in [0, 0.1) is 5.41 Å². The van der Waals surface area contributed by atoms with Crippen LogP contribution in [-0.4, -0.2) is 25.3 Å². The number of ether oxygens (including phenoxy) is 1. The Balaban J connectivity index is 3.86. The third-order valence-corrected chi connectivity index (χ3v) is 0.765. The molecule has 0 aromatic carbocycles. The van der Waals surface area contributed by atoms with Gasteiger partial charge in [-0.3, -0.25) is 5.41 Å². The van der Waals surface area contributed by atoms with Crippen molar-refractivity contribution in [1.29, 1.82) is 5.41 Å². The van der Waals surface area contributed by atoms with Crippen LogP contribution in [0.25, 0.3) is 0 Å². The Morgan fingerprint density at radius 3 is 2.91 bits per heavy atom. The third kappa shape index (κ3) is 3.85. The molecule has 0 heterocycles. The number of nitrogens with zero attached hydrogens (tertiary/aromatic N) is 1. The van der Waals surface area contributed by atoms with E-state index in [0.717, 1.165) is 0 Å². The monoisotopic (exact) mass is 155 g/mol. The van der Waals surface area contributed by atoms with Crippen molar-refractivity contribution in [3.05, 3.63) is 12.8 Å². The molecule has 0 aliphatic carbocycles. The summed E-state index contributed by atoms with van der Waals surface area (Å²) in [6, 6.07) is 0. The summed E-state index contributed by atoms with van der Waals surface area (Å²) in [6.07, 6.45) is 2.54. The van der Waals surface area contributed by atoms with Crippen LogP contribution in [-0.2, 0) is 9.53 Å². The number of aliphatic imine (C=N–C) groups is 1. The summed E-state index contributed by atoms with van der Waals surface area (Å²) in [6.45, 7) is 3.33. The fourth-order valence-corrected chi connectivity index (χ4v) is 0.304. The lowest BCUT2D eigenvalue weighted by Crippen LogP contribution is -2.13. The van der Waals surface area contributed by atoms with Gasteiger partial charge in [0.05, 0.1) is 13.4 Å². The fraction of sp³-hybridized carbons (Fsp3) is 0.167. The molecular formula is C6H9N3O2. The van der Waals surface area contributed by atoms with Crippen LogP contribution < -0.4 is 5.32 Å². The average Bonchev–Trinajstić information content (AvgIpc) is 2.03. The molecule has 0 aromatic rings. The highest BCUT2D eigenvalue weighted by atomic mass is 16.5. The van der Waals surface area contributed by atoms with E-state index in [1.807, 2.05) is 0 Å². The number of amidine groups is 1. The highest BCUT2D eigenvalue weighted by Crippen LogP contribution is 1.78. The summed E-state index contributed by atoms with van der Waals surface area (Å²) in [4.78, 5) is 13.9. The van der Waals surface area contributed by atoms with Crippen LogP contribution in [0.2, 0.25) is 0 Å². The lowest BCUT2D eigenvalue weighted by molar-refractivity contribution is -0.132. The molecule has 0 saturated heterocycles. The molecule has 0 radical (unpaired) electrons. The first kappa shape index (κ1) is 9.35. The summed E-state index contributed by atoms with van der Waals surface area (Å²) in [7, 11) is 1.19. The number of carbonyl (C=O) groups is 1. The molecule has 0 rings (SSSR count). The number of esters is 1. The predicted octanol–water partition coefficient (Wildman–Crippen LogP) is -0.102. The molecule has 0 aliphatic rings. The molecule has 0 fully saturated rings. The predicted molar refractivity (Wildman–Crippen MR) is 41.6 cm³/mol. The van der Waals surface area contributed by atoms with Gasteiger partial charge < -0.3 is 10.1 Å². The van der Waals surface area contributed by atoms with Gasteiger partial charge in [-0.1, -0.05) is 6.58 Å². The highest BCUT2D eigenvalue weighted by molar-refractivity contribution is 6.35. The first-order valence-corrected chi connectivity index (χ1v) is 2.78. The zero-order valence-corrected chi connectivity index (χ0v) is 6.13. The molecule has 0 aliphatic heterocycles. The van der Waals surface area contributed by atoms with Crippen molar-refractivity contribution in [1.82, 2.24) is 5.32 Å². The lowest BCUT2D eigenvalue weighted by Gasteiger charge is -1.93. The molecule has 60 valence electrons. The molecule has 2 N–H and O–H groups in total. The van der Waals surface area contributed by atoms with E-state index in [0.29, 0.717) is 0 Å². The summed E-state index contributed by atoms with van der Waals surface area (Å²) in [5, 5.41) is 9.41. The maximum Gasteiger partial charge on any atom is 0.375 e. The van der Waals surface area contributed by atoms with Crippen molar-refractivity contribution in [3.8, 4) is 0 Å². The maximum absolute atomic E-state index is 10.5. The molecule has 5 nitrogen and oxygen atoms in total. The number of nitrogens with one attached hydrogen (secondary N) is 2. The second-order valence-electron chi connectivity index (χ2n) is 1.47. The van der Waals surface area contributed by atoms with Gasteiger partial charge in [-0.2, -0.15) is 0 Å². The minimum absolute atomic E-state index is 0.457. The van der Waals surface area contributed by atoms with E-state index in [9.17, 15) is 4.79 Å². The molecule has 0 amide bonds. The Labute approximate surface area is 64.3 Å². The molecule has 0 spiro atoms. The summed E-state index contributed by atoms with van der Waals surface area (Å²) >= 11 is 0. The molecule has 0 atom stereocenters. The van der Waals surface area contributed by atoms with Crippen molar-refractivity contribution in [2.75, 3.05) is 7.11 Å². The van der Waals surface area contributed by atoms with E-state index in [4.69, 9.17) is 5.41 Å². The Morgan fingerprint density at radius 2 is 2.45 bits per heavy atom. The Hall–Kier alpha value is -1.65. The van der Waals surface area contributed by atoms with E-state index >= 15 is 0 Å². The summed E-state index contributed by atoms with van der Waals surface area (Å²) < 4.78 is 4.21. The van der Waals surface area contributed by atoms with Gasteiger partial charge in [-0.15, -0.1) is 0 Å². The Bertz CT molecular complexity index is 198. The summed E-state index contributed by atoms with van der Waals surface area (Å²) in [5.74, 6) is -1.23. The fourth-order valence-electron chi connectivity index (χ4n) is 0.304. The van der Waals surface area contributed by atoms with Gasteiger partial charge in [-0.05, 0) is 6.20 Å². The van der Waals surface area contributed by atoms with E-state index in [1.54, 1.807) is 0 Å². The van der Waals surface area contributed by atoms with Crippen molar-refractivity contribution in [2.24, 2.45) is 4.99 Å². The zero-order chi connectivity index (χ0) is 8.69. The average molecular weight is 155 g/mol. The van der Waals surface area contributed by atoms with Gasteiger partial charge in [0.15, 0.2) is 0 Å². The number of rotatable bonds is 2. The van der Waals surface area contributed by atoms with Crippen LogP contribution in [0.5, 0.6) is 0 Å². The molecular weight excluding hydrogens is 146 g/mol. The number of carbonyl (C=O) groups excluding carboxylic acids is 1. The van der Waals surface area contributed by atoms with Gasteiger partial charge in [0.25, 0.3) is 0 Å². The van der Waals surface area contributed by atoms with Crippen LogP contribution in [0.1, 0.15) is 0 Å². The standard InChI is InChI=1S/C6H9N3O2/c1-3-8-4-9-5(7)6(10)11-2/h3-4H,1H2,2H3,(H2,7,8,9). The molecule has 11 heavy (non-hydrogen) atoms. The highest BCUT2D eigenvalue weighted by Gasteiger charge is 2.04. The van der Waals surface area contributed by atoms with Gasteiger partial charge in [0.1, 0.15) is 0 Å². The molecule has 0 aromatic heterocycles. The maximum atomic E-state index is 10.5.